The molecule has 0 unspecified atom stereocenters. The molecule has 1 aliphatic rings. The predicted octanol–water partition coefficient (Wildman–Crippen LogP) is 11.1. The van der Waals surface area contributed by atoms with Gasteiger partial charge in [0.1, 0.15) is 0 Å². The van der Waals surface area contributed by atoms with Crippen LogP contribution in [0.2, 0.25) is 0 Å². The van der Waals surface area contributed by atoms with Gasteiger partial charge in [-0.2, -0.15) is 0 Å². The van der Waals surface area contributed by atoms with Gasteiger partial charge in [-0.3, -0.25) is 0 Å². The van der Waals surface area contributed by atoms with E-state index in [-0.39, 0.29) is 0 Å². The molecule has 0 amide bonds. The quantitative estimate of drug-likeness (QED) is 0.202. The Morgan fingerprint density at radius 1 is 0.341 bits per heavy atom. The number of benzene rings is 7. The van der Waals surface area contributed by atoms with Crippen molar-refractivity contribution in [2.45, 2.75) is 6.42 Å². The zero-order chi connectivity index (χ0) is 27.2. The molecule has 8 rings (SSSR count). The molecule has 0 heteroatoms. The Hall–Kier alpha value is -5.20. The molecule has 7 aromatic rings. The Morgan fingerprint density at radius 3 is 1.32 bits per heavy atom. The second-order valence-electron chi connectivity index (χ2n) is 10.9. The molecular formula is C41H28. The molecule has 0 spiro atoms. The van der Waals surface area contributed by atoms with Crippen LogP contribution in [0.4, 0.5) is 0 Å². The van der Waals surface area contributed by atoms with E-state index in [9.17, 15) is 0 Å². The van der Waals surface area contributed by atoms with Crippen LogP contribution >= 0.6 is 0 Å². The first-order valence-electron chi connectivity index (χ1n) is 14.3. The molecule has 0 atom stereocenters. The van der Waals surface area contributed by atoms with Crippen molar-refractivity contribution in [3.63, 3.8) is 0 Å². The molecule has 41 heavy (non-hydrogen) atoms. The zero-order valence-electron chi connectivity index (χ0n) is 22.7. The first kappa shape index (κ1) is 23.7. The Morgan fingerprint density at radius 2 is 0.780 bits per heavy atom. The molecule has 0 bridgehead atoms. The van der Waals surface area contributed by atoms with Gasteiger partial charge in [0.15, 0.2) is 0 Å². The maximum atomic E-state index is 2.40. The normalized spacial score (nSPS) is 12.4. The van der Waals surface area contributed by atoms with Crippen LogP contribution < -0.4 is 0 Å². The third-order valence-corrected chi connectivity index (χ3v) is 8.45. The lowest BCUT2D eigenvalue weighted by Crippen LogP contribution is -1.95. The van der Waals surface area contributed by atoms with Crippen molar-refractivity contribution in [3.05, 3.63) is 168 Å². The van der Waals surface area contributed by atoms with E-state index >= 15 is 0 Å². The monoisotopic (exact) mass is 520 g/mol. The van der Waals surface area contributed by atoms with Gasteiger partial charge in [0.2, 0.25) is 0 Å². The molecule has 0 saturated heterocycles. The number of fused-ring (bicyclic) bond motifs is 3. The molecule has 0 radical (unpaired) electrons. The van der Waals surface area contributed by atoms with Crippen LogP contribution in [0.3, 0.4) is 0 Å². The van der Waals surface area contributed by atoms with Crippen molar-refractivity contribution in [3.8, 4) is 33.4 Å². The summed E-state index contributed by atoms with van der Waals surface area (Å²) in [6, 6.07) is 55.3. The smallest absolute Gasteiger partial charge is 0.00132 e. The van der Waals surface area contributed by atoms with Gasteiger partial charge >= 0.3 is 0 Å². The van der Waals surface area contributed by atoms with Crippen LogP contribution in [0.5, 0.6) is 0 Å². The van der Waals surface area contributed by atoms with E-state index in [0.29, 0.717) is 0 Å². The van der Waals surface area contributed by atoms with E-state index < -0.39 is 0 Å². The standard InChI is InChI=1S/C41H28/c1-3-13-28(14-4-1)32-25-33(29-15-5-2-6-16-29)27-35(26-32)41-38-21-11-9-19-36(38)40(37-20-10-12-22-39(37)41)34-23-30-17-7-8-18-31(30)24-34/h1-23,25-27H,24H2. The minimum Gasteiger partial charge on any atom is -0.0622 e. The summed E-state index contributed by atoms with van der Waals surface area (Å²) >= 11 is 0. The lowest BCUT2D eigenvalue weighted by molar-refractivity contribution is 1.33. The van der Waals surface area contributed by atoms with E-state index in [1.54, 1.807) is 0 Å². The Bertz CT molecular complexity index is 1980. The largest absolute Gasteiger partial charge is 0.0622 e. The van der Waals surface area contributed by atoms with E-state index in [0.717, 1.165) is 6.42 Å². The first-order chi connectivity index (χ1) is 20.3. The van der Waals surface area contributed by atoms with Crippen LogP contribution in [-0.2, 0) is 6.42 Å². The van der Waals surface area contributed by atoms with Crippen molar-refractivity contribution in [2.24, 2.45) is 0 Å². The molecular weight excluding hydrogens is 492 g/mol. The highest BCUT2D eigenvalue weighted by molar-refractivity contribution is 6.20. The maximum Gasteiger partial charge on any atom is -0.00132 e. The fraction of sp³-hybridized carbons (Fsp3) is 0.0244. The Kier molecular flexibility index (Phi) is 5.64. The molecule has 1 aliphatic carbocycles. The van der Waals surface area contributed by atoms with E-state index in [1.807, 2.05) is 0 Å². The zero-order valence-corrected chi connectivity index (χ0v) is 22.7. The van der Waals surface area contributed by atoms with Crippen LogP contribution in [0.25, 0.3) is 66.6 Å². The fourth-order valence-corrected chi connectivity index (χ4v) is 6.59. The minimum absolute atomic E-state index is 0.963. The molecule has 0 aliphatic heterocycles. The van der Waals surface area contributed by atoms with Crippen LogP contribution in [-0.4, -0.2) is 0 Å². The summed E-state index contributed by atoms with van der Waals surface area (Å²) in [5, 5.41) is 5.21. The molecule has 192 valence electrons. The van der Waals surface area contributed by atoms with Gasteiger partial charge in [-0.1, -0.05) is 140 Å². The van der Waals surface area contributed by atoms with Crippen molar-refractivity contribution in [1.82, 2.24) is 0 Å². The molecule has 0 fully saturated rings. The molecule has 0 N–H and O–H groups in total. The molecule has 7 aromatic carbocycles. The van der Waals surface area contributed by atoms with Crippen molar-refractivity contribution < 1.29 is 0 Å². The van der Waals surface area contributed by atoms with Crippen LogP contribution in [0, 0.1) is 0 Å². The second-order valence-corrected chi connectivity index (χ2v) is 10.9. The summed E-state index contributed by atoms with van der Waals surface area (Å²) in [7, 11) is 0. The molecule has 0 saturated carbocycles. The van der Waals surface area contributed by atoms with Crippen molar-refractivity contribution in [1.29, 1.82) is 0 Å². The third-order valence-electron chi connectivity index (χ3n) is 8.45. The molecule has 0 aromatic heterocycles. The number of allylic oxidation sites excluding steroid dienone is 1. The molecule has 0 heterocycles. The summed E-state index contributed by atoms with van der Waals surface area (Å²) in [6.07, 6.45) is 3.36. The summed E-state index contributed by atoms with van der Waals surface area (Å²) < 4.78 is 0. The Labute approximate surface area is 240 Å². The summed E-state index contributed by atoms with van der Waals surface area (Å²) in [5.41, 5.74) is 13.0. The highest BCUT2D eigenvalue weighted by atomic mass is 14.2. The number of hydrogen-bond acceptors (Lipinski definition) is 0. The van der Waals surface area contributed by atoms with Crippen LogP contribution in [0.1, 0.15) is 16.7 Å². The van der Waals surface area contributed by atoms with Gasteiger partial charge in [0.25, 0.3) is 0 Å². The Balaban J connectivity index is 1.44. The number of rotatable bonds is 4. The summed E-state index contributed by atoms with van der Waals surface area (Å²) in [6.45, 7) is 0. The predicted molar refractivity (Wildman–Crippen MR) is 176 cm³/mol. The van der Waals surface area contributed by atoms with E-state index in [1.165, 1.54) is 77.2 Å². The highest BCUT2D eigenvalue weighted by Crippen LogP contribution is 2.45. The van der Waals surface area contributed by atoms with Gasteiger partial charge in [-0.05, 0) is 102 Å². The molecule has 0 nitrogen and oxygen atoms in total. The topological polar surface area (TPSA) is 0 Å². The third kappa shape index (κ3) is 4.08. The lowest BCUT2D eigenvalue weighted by atomic mass is 9.84. The van der Waals surface area contributed by atoms with Gasteiger partial charge in [0, 0.05) is 0 Å². The van der Waals surface area contributed by atoms with Gasteiger partial charge in [0.05, 0.1) is 0 Å². The van der Waals surface area contributed by atoms with Gasteiger partial charge in [-0.15, -0.1) is 0 Å². The summed E-state index contributed by atoms with van der Waals surface area (Å²) in [5.74, 6) is 0. The minimum atomic E-state index is 0.963. The van der Waals surface area contributed by atoms with Crippen molar-refractivity contribution in [2.75, 3.05) is 0 Å². The number of hydrogen-bond donors (Lipinski definition) is 0. The van der Waals surface area contributed by atoms with Gasteiger partial charge in [-0.25, -0.2) is 0 Å². The van der Waals surface area contributed by atoms with Crippen molar-refractivity contribution >= 4 is 33.2 Å². The maximum absolute atomic E-state index is 2.40. The van der Waals surface area contributed by atoms with E-state index in [4.69, 9.17) is 0 Å². The highest BCUT2D eigenvalue weighted by Gasteiger charge is 2.21. The average molecular weight is 521 g/mol. The average Bonchev–Trinajstić information content (AvgIpc) is 3.48. The lowest BCUT2D eigenvalue weighted by Gasteiger charge is -2.19. The first-order valence-corrected chi connectivity index (χ1v) is 14.3. The summed E-state index contributed by atoms with van der Waals surface area (Å²) in [4.78, 5) is 0. The van der Waals surface area contributed by atoms with Gasteiger partial charge < -0.3 is 0 Å². The van der Waals surface area contributed by atoms with Crippen LogP contribution in [0.15, 0.2) is 152 Å². The SMILES string of the molecule is C1=C(c2c3ccccc3c(-c3cc(-c4ccccc4)cc(-c4ccccc4)c3)c3ccccc23)Cc2ccccc21. The second kappa shape index (κ2) is 9.77. The fourth-order valence-electron chi connectivity index (χ4n) is 6.59. The van der Waals surface area contributed by atoms with E-state index in [2.05, 4.69) is 158 Å².